The maximum Gasteiger partial charge on any atom is -0.00543 e. The van der Waals surface area contributed by atoms with E-state index >= 15 is 0 Å². The highest BCUT2D eigenvalue weighted by molar-refractivity contribution is 5.86. The molecule has 4 aromatic rings. The Hall–Kier alpha value is -3.64. The molecule has 0 aliphatic heterocycles. The highest BCUT2D eigenvalue weighted by Crippen LogP contribution is 2.44. The standard InChI is InChI=1S/2C20H20/c2*1-13-10-16-12-15-7-5-9-18(15)20(19(16)11-13)17-8-4-3-6-14(17)2/h3-4,6,8,11-12H,5,7,9-10H2,1-2H3;3-4,6,8,10,12H,5,7,9,11H2,1-2H3. The van der Waals surface area contributed by atoms with E-state index in [1.165, 1.54) is 88.6 Å². The van der Waals surface area contributed by atoms with Crippen LogP contribution < -0.4 is 0 Å². The Morgan fingerprint density at radius 3 is 1.75 bits per heavy atom. The SMILES string of the molecule is CC1=Cc2c(cc3c(c2-c2ccccc2C)CCC3)C1.CC1=Cc2cc3c(c(-c4ccccc4C)c2C1)CCC3. The van der Waals surface area contributed by atoms with E-state index in [2.05, 4.69) is 101 Å². The second kappa shape index (κ2) is 10.1. The lowest BCUT2D eigenvalue weighted by Gasteiger charge is -2.17. The highest BCUT2D eigenvalue weighted by atomic mass is 14.3. The summed E-state index contributed by atoms with van der Waals surface area (Å²) < 4.78 is 0. The van der Waals surface area contributed by atoms with Gasteiger partial charge in [-0.2, -0.15) is 0 Å². The maximum absolute atomic E-state index is 2.48. The lowest BCUT2D eigenvalue weighted by molar-refractivity contribution is 0.911. The van der Waals surface area contributed by atoms with Crippen molar-refractivity contribution in [1.82, 2.24) is 0 Å². The molecule has 0 heteroatoms. The molecule has 0 nitrogen and oxygen atoms in total. The summed E-state index contributed by atoms with van der Waals surface area (Å²) in [6.07, 6.45) is 14.7. The summed E-state index contributed by atoms with van der Waals surface area (Å²) in [5.74, 6) is 0. The first kappa shape index (κ1) is 25.3. The molecule has 0 heterocycles. The third-order valence-electron chi connectivity index (χ3n) is 9.61. The van der Waals surface area contributed by atoms with Gasteiger partial charge in [-0.05, 0) is 157 Å². The van der Waals surface area contributed by atoms with Crippen molar-refractivity contribution in [3.05, 3.63) is 127 Å². The van der Waals surface area contributed by atoms with Crippen molar-refractivity contribution < 1.29 is 0 Å². The Bertz CT molecular complexity index is 1720. The van der Waals surface area contributed by atoms with Crippen LogP contribution in [0, 0.1) is 13.8 Å². The van der Waals surface area contributed by atoms with Crippen molar-refractivity contribution in [3.8, 4) is 22.3 Å². The first-order chi connectivity index (χ1) is 19.5. The molecule has 0 atom stereocenters. The predicted molar refractivity (Wildman–Crippen MR) is 172 cm³/mol. The summed E-state index contributed by atoms with van der Waals surface area (Å²) in [4.78, 5) is 0. The molecule has 0 unspecified atom stereocenters. The van der Waals surface area contributed by atoms with Crippen LogP contribution >= 0.6 is 0 Å². The van der Waals surface area contributed by atoms with Crippen molar-refractivity contribution in [2.24, 2.45) is 0 Å². The monoisotopic (exact) mass is 520 g/mol. The van der Waals surface area contributed by atoms with Gasteiger partial charge in [-0.25, -0.2) is 0 Å². The number of hydrogen-bond donors (Lipinski definition) is 0. The van der Waals surface area contributed by atoms with Crippen LogP contribution in [0.25, 0.3) is 34.4 Å². The van der Waals surface area contributed by atoms with Gasteiger partial charge in [0, 0.05) is 0 Å². The smallest absolute Gasteiger partial charge is 0.00543 e. The molecule has 0 amide bonds. The number of benzene rings is 4. The molecule has 40 heavy (non-hydrogen) atoms. The number of rotatable bonds is 2. The quantitative estimate of drug-likeness (QED) is 0.247. The summed E-state index contributed by atoms with van der Waals surface area (Å²) in [5.41, 5.74) is 24.3. The fraction of sp³-hybridized carbons (Fsp3) is 0.300. The lowest BCUT2D eigenvalue weighted by atomic mass is 9.87. The van der Waals surface area contributed by atoms with Crippen LogP contribution in [-0.2, 0) is 38.5 Å². The number of fused-ring (bicyclic) bond motifs is 4. The van der Waals surface area contributed by atoms with Gasteiger partial charge in [0.15, 0.2) is 0 Å². The Labute approximate surface area is 240 Å². The molecular weight excluding hydrogens is 480 g/mol. The summed E-state index contributed by atoms with van der Waals surface area (Å²) in [7, 11) is 0. The van der Waals surface area contributed by atoms with Gasteiger partial charge < -0.3 is 0 Å². The van der Waals surface area contributed by atoms with E-state index in [1.54, 1.807) is 38.9 Å². The Balaban J connectivity index is 0.000000132. The van der Waals surface area contributed by atoms with E-state index in [0.29, 0.717) is 0 Å². The first-order valence-corrected chi connectivity index (χ1v) is 15.3. The number of aryl methyl sites for hydroxylation is 4. The summed E-state index contributed by atoms with van der Waals surface area (Å²) in [5, 5.41) is 0. The van der Waals surface area contributed by atoms with Crippen molar-refractivity contribution in [3.63, 3.8) is 0 Å². The van der Waals surface area contributed by atoms with Crippen LogP contribution in [0.3, 0.4) is 0 Å². The molecule has 200 valence electrons. The van der Waals surface area contributed by atoms with Gasteiger partial charge in [0.05, 0.1) is 0 Å². The van der Waals surface area contributed by atoms with E-state index in [4.69, 9.17) is 0 Å². The van der Waals surface area contributed by atoms with E-state index < -0.39 is 0 Å². The molecule has 0 saturated heterocycles. The molecule has 0 bridgehead atoms. The van der Waals surface area contributed by atoms with Crippen molar-refractivity contribution >= 4 is 12.2 Å². The zero-order valence-electron chi connectivity index (χ0n) is 24.6. The molecule has 0 N–H and O–H groups in total. The molecule has 4 aromatic carbocycles. The van der Waals surface area contributed by atoms with Crippen molar-refractivity contribution in [2.45, 2.75) is 79.1 Å². The van der Waals surface area contributed by atoms with Gasteiger partial charge in [-0.3, -0.25) is 0 Å². The predicted octanol–water partition coefficient (Wildman–Crippen LogP) is 10.2. The Morgan fingerprint density at radius 2 is 1.07 bits per heavy atom. The molecule has 4 aliphatic carbocycles. The molecule has 0 spiro atoms. The number of hydrogen-bond acceptors (Lipinski definition) is 0. The van der Waals surface area contributed by atoms with Gasteiger partial charge in [0.1, 0.15) is 0 Å². The molecule has 0 saturated carbocycles. The lowest BCUT2D eigenvalue weighted by Crippen LogP contribution is -1.98. The average Bonchev–Trinajstić information content (AvgIpc) is 3.73. The highest BCUT2D eigenvalue weighted by Gasteiger charge is 2.26. The van der Waals surface area contributed by atoms with E-state index in [0.717, 1.165) is 12.8 Å². The van der Waals surface area contributed by atoms with E-state index in [1.807, 2.05) is 0 Å². The molecule has 4 aliphatic rings. The molecule has 8 rings (SSSR count). The maximum atomic E-state index is 2.48. The molecule has 0 fully saturated rings. The largest absolute Gasteiger partial charge is 0.0683 e. The van der Waals surface area contributed by atoms with Crippen LogP contribution in [0.2, 0.25) is 0 Å². The fourth-order valence-corrected chi connectivity index (χ4v) is 7.80. The molecular formula is C40H40. The summed E-state index contributed by atoms with van der Waals surface area (Å²) in [6.45, 7) is 8.99. The number of allylic oxidation sites excluding steroid dienone is 2. The first-order valence-electron chi connectivity index (χ1n) is 15.3. The minimum absolute atomic E-state index is 1.13. The second-order valence-corrected chi connectivity index (χ2v) is 12.6. The van der Waals surface area contributed by atoms with Gasteiger partial charge >= 0.3 is 0 Å². The van der Waals surface area contributed by atoms with Gasteiger partial charge in [-0.1, -0.05) is 84.0 Å². The van der Waals surface area contributed by atoms with Crippen LogP contribution in [0.1, 0.15) is 82.3 Å². The summed E-state index contributed by atoms with van der Waals surface area (Å²) >= 11 is 0. The van der Waals surface area contributed by atoms with Crippen LogP contribution in [0.4, 0.5) is 0 Å². The minimum atomic E-state index is 1.13. The fourth-order valence-electron chi connectivity index (χ4n) is 7.80. The van der Waals surface area contributed by atoms with Crippen LogP contribution in [0.5, 0.6) is 0 Å². The average molecular weight is 521 g/mol. The molecule has 0 radical (unpaired) electrons. The summed E-state index contributed by atoms with van der Waals surface area (Å²) in [6, 6.07) is 22.7. The zero-order valence-corrected chi connectivity index (χ0v) is 24.6. The second-order valence-electron chi connectivity index (χ2n) is 12.6. The minimum Gasteiger partial charge on any atom is -0.0683 e. The third-order valence-corrected chi connectivity index (χ3v) is 9.61. The van der Waals surface area contributed by atoms with Gasteiger partial charge in [0.2, 0.25) is 0 Å². The van der Waals surface area contributed by atoms with Gasteiger partial charge in [0.25, 0.3) is 0 Å². The van der Waals surface area contributed by atoms with Crippen LogP contribution in [0.15, 0.2) is 71.8 Å². The van der Waals surface area contributed by atoms with Crippen LogP contribution in [-0.4, -0.2) is 0 Å². The topological polar surface area (TPSA) is 0 Å². The Kier molecular flexibility index (Phi) is 6.38. The van der Waals surface area contributed by atoms with Crippen molar-refractivity contribution in [1.29, 1.82) is 0 Å². The van der Waals surface area contributed by atoms with E-state index in [9.17, 15) is 0 Å². The van der Waals surface area contributed by atoms with Crippen molar-refractivity contribution in [2.75, 3.05) is 0 Å². The van der Waals surface area contributed by atoms with E-state index in [-0.39, 0.29) is 0 Å². The molecule has 0 aromatic heterocycles. The third kappa shape index (κ3) is 4.29. The normalized spacial score (nSPS) is 16.0. The van der Waals surface area contributed by atoms with Gasteiger partial charge in [-0.15, -0.1) is 0 Å². The Morgan fingerprint density at radius 1 is 0.500 bits per heavy atom. The zero-order chi connectivity index (χ0) is 27.4.